The van der Waals surface area contributed by atoms with E-state index in [-0.39, 0.29) is 0 Å². The van der Waals surface area contributed by atoms with Gasteiger partial charge in [-0.3, -0.25) is 9.48 Å². The number of carbonyl (C=O) groups excluding carboxylic acids is 1. The summed E-state index contributed by atoms with van der Waals surface area (Å²) in [5, 5.41) is 8.00. The summed E-state index contributed by atoms with van der Waals surface area (Å²) in [7, 11) is 1.90. The summed E-state index contributed by atoms with van der Waals surface area (Å²) in [6.45, 7) is 2.73. The van der Waals surface area contributed by atoms with Crippen LogP contribution in [0.25, 0.3) is 0 Å². The van der Waals surface area contributed by atoms with Crippen LogP contribution in [0.1, 0.15) is 28.5 Å². The number of hydrogen-bond donors (Lipinski definition) is 2. The lowest BCUT2D eigenvalue weighted by atomic mass is 10.1. The van der Waals surface area contributed by atoms with Gasteiger partial charge in [-0.1, -0.05) is 18.5 Å². The summed E-state index contributed by atoms with van der Waals surface area (Å²) in [6.07, 6.45) is 2.88. The smallest absolute Gasteiger partial charge is 0.250 e. The van der Waals surface area contributed by atoms with Crippen molar-refractivity contribution in [1.29, 1.82) is 0 Å². The predicted molar refractivity (Wildman–Crippen MR) is 79.9 cm³/mol. The van der Waals surface area contributed by atoms with Crippen LogP contribution in [0.2, 0.25) is 5.02 Å². The van der Waals surface area contributed by atoms with Crippen molar-refractivity contribution in [1.82, 2.24) is 9.78 Å². The van der Waals surface area contributed by atoms with Crippen molar-refractivity contribution in [2.24, 2.45) is 12.8 Å². The first-order valence-electron chi connectivity index (χ1n) is 6.36. The maximum absolute atomic E-state index is 11.1. The Hall–Kier alpha value is -2.01. The Bertz CT molecular complexity index is 636. The third-order valence-electron chi connectivity index (χ3n) is 3.04. The quantitative estimate of drug-likeness (QED) is 0.888. The van der Waals surface area contributed by atoms with Gasteiger partial charge in [0.2, 0.25) is 5.91 Å². The largest absolute Gasteiger partial charge is 0.381 e. The Balaban J connectivity index is 2.11. The molecule has 0 atom stereocenters. The molecule has 1 aromatic carbocycles. The van der Waals surface area contributed by atoms with Gasteiger partial charge >= 0.3 is 0 Å². The lowest BCUT2D eigenvalue weighted by Crippen LogP contribution is -2.11. The highest BCUT2D eigenvalue weighted by molar-refractivity contribution is 6.34. The number of halogens is 1. The zero-order valence-electron chi connectivity index (χ0n) is 11.5. The second kappa shape index (κ2) is 5.96. The molecule has 106 valence electrons. The van der Waals surface area contributed by atoms with Gasteiger partial charge in [-0.2, -0.15) is 5.10 Å². The lowest BCUT2D eigenvalue weighted by molar-refractivity contribution is 0.100. The highest BCUT2D eigenvalue weighted by Gasteiger charge is 2.08. The molecule has 1 aromatic heterocycles. The molecule has 6 heteroatoms. The second-order valence-electron chi connectivity index (χ2n) is 4.54. The minimum absolute atomic E-state index is 0.327. The van der Waals surface area contributed by atoms with Crippen LogP contribution >= 0.6 is 11.6 Å². The van der Waals surface area contributed by atoms with Crippen LogP contribution < -0.4 is 11.1 Å². The van der Waals surface area contributed by atoms with Crippen LogP contribution in [0.5, 0.6) is 0 Å². The monoisotopic (exact) mass is 292 g/mol. The Labute approximate surface area is 122 Å². The van der Waals surface area contributed by atoms with Gasteiger partial charge in [0.05, 0.1) is 16.3 Å². The minimum atomic E-state index is -0.526. The van der Waals surface area contributed by atoms with Gasteiger partial charge in [0.25, 0.3) is 0 Å². The van der Waals surface area contributed by atoms with Gasteiger partial charge in [-0.25, -0.2) is 0 Å². The zero-order valence-corrected chi connectivity index (χ0v) is 12.2. The number of benzene rings is 1. The molecule has 2 aromatic rings. The van der Waals surface area contributed by atoms with Crippen LogP contribution in [-0.4, -0.2) is 15.7 Å². The first-order valence-corrected chi connectivity index (χ1v) is 6.73. The predicted octanol–water partition coefficient (Wildman–Crippen LogP) is 2.35. The van der Waals surface area contributed by atoms with E-state index < -0.39 is 5.91 Å². The molecule has 20 heavy (non-hydrogen) atoms. The molecular weight excluding hydrogens is 276 g/mol. The first kappa shape index (κ1) is 14.4. The van der Waals surface area contributed by atoms with Crippen LogP contribution in [0.15, 0.2) is 24.4 Å². The van der Waals surface area contributed by atoms with E-state index in [0.717, 1.165) is 23.4 Å². The SMILES string of the molecule is CCc1nn(C)cc1CNc1ccc(C(N)=O)c(Cl)c1. The molecule has 0 unspecified atom stereocenters. The molecule has 1 amide bonds. The maximum Gasteiger partial charge on any atom is 0.250 e. The molecule has 0 spiro atoms. The first-order chi connectivity index (χ1) is 9.51. The second-order valence-corrected chi connectivity index (χ2v) is 4.95. The van der Waals surface area contributed by atoms with Gasteiger partial charge in [0.15, 0.2) is 0 Å². The number of rotatable bonds is 5. The summed E-state index contributed by atoms with van der Waals surface area (Å²) in [5.74, 6) is -0.526. The van der Waals surface area contributed by atoms with Crippen molar-refractivity contribution in [2.45, 2.75) is 19.9 Å². The molecule has 0 saturated heterocycles. The molecule has 1 heterocycles. The van der Waals surface area contributed by atoms with Gasteiger partial charge in [-0.05, 0) is 24.6 Å². The number of aryl methyl sites for hydroxylation is 2. The number of carbonyl (C=O) groups is 1. The molecular formula is C14H17ClN4O. The normalized spacial score (nSPS) is 10.6. The van der Waals surface area contributed by atoms with Crippen molar-refractivity contribution in [3.05, 3.63) is 46.2 Å². The Morgan fingerprint density at radius 1 is 1.50 bits per heavy atom. The maximum atomic E-state index is 11.1. The highest BCUT2D eigenvalue weighted by atomic mass is 35.5. The molecule has 0 radical (unpaired) electrons. The minimum Gasteiger partial charge on any atom is -0.381 e. The van der Waals surface area contributed by atoms with E-state index in [4.69, 9.17) is 17.3 Å². The van der Waals surface area contributed by atoms with Crippen LogP contribution in [-0.2, 0) is 20.0 Å². The van der Waals surface area contributed by atoms with Gasteiger partial charge in [0, 0.05) is 31.0 Å². The van der Waals surface area contributed by atoms with Crippen LogP contribution in [0.3, 0.4) is 0 Å². The number of amides is 1. The van der Waals surface area contributed by atoms with E-state index in [2.05, 4.69) is 17.3 Å². The summed E-state index contributed by atoms with van der Waals surface area (Å²) < 4.78 is 1.80. The molecule has 0 aliphatic heterocycles. The molecule has 0 saturated carbocycles. The fourth-order valence-corrected chi connectivity index (χ4v) is 2.32. The van der Waals surface area contributed by atoms with Crippen molar-refractivity contribution >= 4 is 23.2 Å². The van der Waals surface area contributed by atoms with Gasteiger partial charge < -0.3 is 11.1 Å². The number of nitrogens with one attached hydrogen (secondary N) is 1. The summed E-state index contributed by atoms with van der Waals surface area (Å²) in [6, 6.07) is 5.11. The van der Waals surface area contributed by atoms with Crippen LogP contribution in [0.4, 0.5) is 5.69 Å². The molecule has 0 fully saturated rings. The summed E-state index contributed by atoms with van der Waals surface area (Å²) in [4.78, 5) is 11.1. The standard InChI is InChI=1S/C14H17ClN4O/c1-3-13-9(8-19(2)18-13)7-17-10-4-5-11(14(16)20)12(15)6-10/h4-6,8,17H,3,7H2,1-2H3,(H2,16,20). The van der Waals surface area contributed by atoms with E-state index in [1.807, 2.05) is 13.2 Å². The molecule has 0 aliphatic carbocycles. The lowest BCUT2D eigenvalue weighted by Gasteiger charge is -2.08. The van der Waals surface area contributed by atoms with E-state index >= 15 is 0 Å². The zero-order chi connectivity index (χ0) is 14.7. The topological polar surface area (TPSA) is 72.9 Å². The molecule has 0 aliphatic rings. The van der Waals surface area contributed by atoms with Crippen molar-refractivity contribution in [3.8, 4) is 0 Å². The Morgan fingerprint density at radius 2 is 2.25 bits per heavy atom. The molecule has 5 nitrogen and oxygen atoms in total. The van der Waals surface area contributed by atoms with Crippen molar-refractivity contribution < 1.29 is 4.79 Å². The van der Waals surface area contributed by atoms with Gasteiger partial charge in [-0.15, -0.1) is 0 Å². The fourth-order valence-electron chi connectivity index (χ4n) is 2.05. The molecule has 2 rings (SSSR count). The average Bonchev–Trinajstić information content (AvgIpc) is 2.76. The van der Waals surface area contributed by atoms with Gasteiger partial charge in [0.1, 0.15) is 0 Å². The molecule has 3 N–H and O–H groups in total. The highest BCUT2D eigenvalue weighted by Crippen LogP contribution is 2.21. The summed E-state index contributed by atoms with van der Waals surface area (Å²) >= 11 is 6.01. The number of nitrogens with zero attached hydrogens (tertiary/aromatic N) is 2. The van der Waals surface area contributed by atoms with E-state index in [1.165, 1.54) is 0 Å². The van der Waals surface area contributed by atoms with E-state index in [9.17, 15) is 4.79 Å². The number of nitrogens with two attached hydrogens (primary N) is 1. The third-order valence-corrected chi connectivity index (χ3v) is 3.36. The van der Waals surface area contributed by atoms with Crippen molar-refractivity contribution in [3.63, 3.8) is 0 Å². The Kier molecular flexibility index (Phi) is 4.29. The van der Waals surface area contributed by atoms with E-state index in [0.29, 0.717) is 17.1 Å². The summed E-state index contributed by atoms with van der Waals surface area (Å²) in [5.41, 5.74) is 8.59. The van der Waals surface area contributed by atoms with E-state index in [1.54, 1.807) is 22.9 Å². The number of aromatic nitrogens is 2. The number of anilines is 1. The number of primary amides is 1. The molecule has 0 bridgehead atoms. The van der Waals surface area contributed by atoms with Crippen LogP contribution in [0, 0.1) is 0 Å². The fraction of sp³-hybridized carbons (Fsp3) is 0.286. The average molecular weight is 293 g/mol. The third kappa shape index (κ3) is 3.11. The number of hydrogen-bond acceptors (Lipinski definition) is 3. The Morgan fingerprint density at radius 3 is 2.85 bits per heavy atom. The van der Waals surface area contributed by atoms with Crippen molar-refractivity contribution in [2.75, 3.05) is 5.32 Å².